The van der Waals surface area contributed by atoms with E-state index in [4.69, 9.17) is 14.9 Å². The molecule has 7 aromatic rings. The van der Waals surface area contributed by atoms with Crippen molar-refractivity contribution in [3.05, 3.63) is 160 Å². The average molecular weight is 998 g/mol. The Bertz CT molecular complexity index is 2830. The van der Waals surface area contributed by atoms with E-state index in [1.807, 2.05) is 42.5 Å². The largest absolute Gasteiger partial charge is 0.509 e. The first-order valence-corrected chi connectivity index (χ1v) is 21.6. The quantitative estimate of drug-likeness (QED) is 0.165. The summed E-state index contributed by atoms with van der Waals surface area (Å²) < 4.78 is 6.72. The van der Waals surface area contributed by atoms with Crippen LogP contribution < -0.4 is 14.5 Å². The molecule has 0 fully saturated rings. The summed E-state index contributed by atoms with van der Waals surface area (Å²) in [5, 5.41) is 9.41. The molecule has 10 rings (SSSR count). The second-order valence-electron chi connectivity index (χ2n) is 21.5. The topological polar surface area (TPSA) is 46.4 Å². The molecule has 3 heterocycles. The molecule has 7 heteroatoms. The van der Waals surface area contributed by atoms with Gasteiger partial charge in [-0.05, 0) is 103 Å². The monoisotopic (exact) mass is 997 g/mol. The minimum atomic E-state index is -0.659. The number of aromatic nitrogens is 3. The molecule has 0 unspecified atom stereocenters. The minimum absolute atomic E-state index is 0. The SMILES string of the molecule is CN1[CH-]N2c3[c-]c(Oc4[c-]c(-n5nc6ccccc6n5)ccc4)ccc3C3(c4cccc1c42)c1c(cc(C(C)(C)C)cc1C(C)(C)C)-c1cc(C(C)(C)C)cc(C(C)(C)C)c13.[Pt]. The molecule has 6 aromatic carbocycles. The van der Waals surface area contributed by atoms with Crippen LogP contribution in [0, 0.1) is 18.8 Å². The number of hydrogen-bond donors (Lipinski definition) is 0. The Morgan fingerprint density at radius 1 is 0.581 bits per heavy atom. The summed E-state index contributed by atoms with van der Waals surface area (Å²) in [5.74, 6) is 1.18. The first-order chi connectivity index (χ1) is 28.7. The molecule has 1 spiro atoms. The molecular formula is C55H56N5OPt-3. The fourth-order valence-corrected chi connectivity index (χ4v) is 9.92. The van der Waals surface area contributed by atoms with Crippen LogP contribution in [0.5, 0.6) is 11.5 Å². The van der Waals surface area contributed by atoms with E-state index in [1.165, 1.54) is 67.0 Å². The molecule has 1 aliphatic carbocycles. The number of rotatable bonds is 3. The third-order valence-corrected chi connectivity index (χ3v) is 13.0. The summed E-state index contributed by atoms with van der Waals surface area (Å²) in [6.45, 7) is 30.6. The zero-order valence-electron chi connectivity index (χ0n) is 38.3. The number of hydrogen-bond acceptors (Lipinski definition) is 5. The van der Waals surface area contributed by atoms with E-state index < -0.39 is 5.41 Å². The van der Waals surface area contributed by atoms with Gasteiger partial charge >= 0.3 is 0 Å². The molecule has 2 aliphatic heterocycles. The number of anilines is 3. The van der Waals surface area contributed by atoms with Crippen molar-refractivity contribution in [2.24, 2.45) is 0 Å². The van der Waals surface area contributed by atoms with Gasteiger partial charge in [-0.25, -0.2) is 0 Å². The number of benzene rings is 6. The van der Waals surface area contributed by atoms with E-state index in [9.17, 15) is 0 Å². The summed E-state index contributed by atoms with van der Waals surface area (Å²) >= 11 is 0. The van der Waals surface area contributed by atoms with E-state index >= 15 is 0 Å². The standard InChI is InChI=1S/C55H56N5O.Pt/c1-51(2,3)33-26-38-39-27-34(52(4,5)6)29-43(54(10,11)12)49(39)55(48(38)42(28-33)53(7,8)9)40-25-24-37(31-47(40)59-32-58(13)46-23-17-20-41(55)50(46)59)61-36-19-16-18-35(30-36)60-56-44-21-14-15-22-45(44)57-60;/h14-29,32H,1-13H3;/q-3;. The Morgan fingerprint density at radius 2 is 1.13 bits per heavy atom. The Hall–Kier alpha value is -5.19. The number of fused-ring (bicyclic) bond motifs is 10. The Balaban J connectivity index is 0.00000490. The zero-order valence-corrected chi connectivity index (χ0v) is 40.5. The van der Waals surface area contributed by atoms with Gasteiger partial charge in [0.05, 0.1) is 0 Å². The van der Waals surface area contributed by atoms with Gasteiger partial charge in [0.2, 0.25) is 0 Å². The maximum Gasteiger partial charge on any atom is 0.113 e. The Morgan fingerprint density at radius 3 is 1.68 bits per heavy atom. The fraction of sp³-hybridized carbons (Fsp3) is 0.327. The van der Waals surface area contributed by atoms with Gasteiger partial charge in [0.25, 0.3) is 0 Å². The molecule has 3 aliphatic rings. The smallest absolute Gasteiger partial charge is 0.113 e. The van der Waals surface area contributed by atoms with Gasteiger partial charge in [-0.3, -0.25) is 0 Å². The normalized spacial score (nSPS) is 15.0. The maximum atomic E-state index is 6.72. The van der Waals surface area contributed by atoms with Gasteiger partial charge in [0.15, 0.2) is 0 Å². The zero-order chi connectivity index (χ0) is 43.2. The number of nitrogens with zero attached hydrogens (tertiary/aromatic N) is 5. The summed E-state index contributed by atoms with van der Waals surface area (Å²) in [6.07, 6.45) is 0. The summed E-state index contributed by atoms with van der Waals surface area (Å²) in [6, 6.07) is 42.5. The van der Waals surface area contributed by atoms with Crippen LogP contribution >= 0.6 is 0 Å². The van der Waals surface area contributed by atoms with Gasteiger partial charge in [0.1, 0.15) is 11.0 Å². The predicted octanol–water partition coefficient (Wildman–Crippen LogP) is 13.4. The van der Waals surface area contributed by atoms with Crippen molar-refractivity contribution in [3.8, 4) is 28.3 Å². The molecule has 320 valence electrons. The van der Waals surface area contributed by atoms with E-state index in [-0.39, 0.29) is 42.7 Å². The molecule has 0 bridgehead atoms. The summed E-state index contributed by atoms with van der Waals surface area (Å²) in [7, 11) is 2.15. The Labute approximate surface area is 382 Å². The van der Waals surface area contributed by atoms with E-state index in [0.29, 0.717) is 17.2 Å². The van der Waals surface area contributed by atoms with Crippen molar-refractivity contribution in [1.29, 1.82) is 0 Å². The van der Waals surface area contributed by atoms with Gasteiger partial charge in [-0.1, -0.05) is 137 Å². The van der Waals surface area contributed by atoms with Gasteiger partial charge in [-0.2, -0.15) is 33.8 Å². The predicted molar refractivity (Wildman–Crippen MR) is 250 cm³/mol. The van der Waals surface area contributed by atoms with Crippen LogP contribution in [0.3, 0.4) is 0 Å². The van der Waals surface area contributed by atoms with E-state index in [1.54, 1.807) is 4.80 Å². The van der Waals surface area contributed by atoms with Crippen molar-refractivity contribution in [1.82, 2.24) is 15.0 Å². The van der Waals surface area contributed by atoms with Crippen LogP contribution in [0.25, 0.3) is 27.8 Å². The molecule has 1 aromatic heterocycles. The second kappa shape index (κ2) is 13.9. The minimum Gasteiger partial charge on any atom is -0.509 e. The van der Waals surface area contributed by atoms with E-state index in [0.717, 1.165) is 16.7 Å². The molecule has 6 nitrogen and oxygen atoms in total. The van der Waals surface area contributed by atoms with Crippen LogP contribution in [0.4, 0.5) is 17.1 Å². The van der Waals surface area contributed by atoms with Crippen LogP contribution in [-0.4, -0.2) is 22.0 Å². The third-order valence-electron chi connectivity index (χ3n) is 13.0. The van der Waals surface area contributed by atoms with Crippen molar-refractivity contribution < 1.29 is 25.8 Å². The van der Waals surface area contributed by atoms with Crippen LogP contribution in [-0.2, 0) is 48.1 Å². The molecule has 62 heavy (non-hydrogen) atoms. The third kappa shape index (κ3) is 6.29. The average Bonchev–Trinajstić information content (AvgIpc) is 3.86. The van der Waals surface area contributed by atoms with E-state index in [2.05, 4.69) is 173 Å². The van der Waals surface area contributed by atoms with Gasteiger partial charge < -0.3 is 14.5 Å². The molecule has 0 radical (unpaired) electrons. The first-order valence-electron chi connectivity index (χ1n) is 21.6. The molecule has 0 N–H and O–H groups in total. The maximum absolute atomic E-state index is 6.72. The Kier molecular flexibility index (Phi) is 9.45. The van der Waals surface area contributed by atoms with Crippen LogP contribution in [0.15, 0.2) is 97.1 Å². The van der Waals surface area contributed by atoms with Crippen LogP contribution in [0.2, 0.25) is 0 Å². The van der Waals surface area contributed by atoms with Crippen molar-refractivity contribution in [2.45, 2.75) is 110 Å². The molecule has 0 saturated carbocycles. The number of ether oxygens (including phenoxy) is 1. The summed E-state index contributed by atoms with van der Waals surface area (Å²) in [4.78, 5) is 6.21. The number of para-hydroxylation sites is 1. The van der Waals surface area contributed by atoms with Crippen LogP contribution in [0.1, 0.15) is 128 Å². The van der Waals surface area contributed by atoms with Crippen molar-refractivity contribution in [3.63, 3.8) is 0 Å². The van der Waals surface area contributed by atoms with Gasteiger partial charge in [-0.15, -0.1) is 35.9 Å². The molecule has 0 amide bonds. The van der Waals surface area contributed by atoms with Crippen molar-refractivity contribution in [2.75, 3.05) is 16.8 Å². The molecule has 0 atom stereocenters. The first kappa shape index (κ1) is 42.1. The summed E-state index contributed by atoms with van der Waals surface area (Å²) in [5.41, 5.74) is 18.0. The fourth-order valence-electron chi connectivity index (χ4n) is 9.92. The molecular weight excluding hydrogens is 942 g/mol. The van der Waals surface area contributed by atoms with Gasteiger partial charge in [0, 0.05) is 49.4 Å². The van der Waals surface area contributed by atoms with Crippen molar-refractivity contribution >= 4 is 28.1 Å². The molecule has 0 saturated heterocycles. The second-order valence-corrected chi connectivity index (χ2v) is 21.5.